The molecule has 3 heteroatoms. The van der Waals surface area contributed by atoms with Crippen LogP contribution >= 0.6 is 0 Å². The van der Waals surface area contributed by atoms with Gasteiger partial charge in [-0.2, -0.15) is 0 Å². The molecule has 0 aliphatic heterocycles. The van der Waals surface area contributed by atoms with Crippen molar-refractivity contribution in [1.82, 2.24) is 4.90 Å². The zero-order valence-corrected chi connectivity index (χ0v) is 12.3. The molecule has 0 saturated heterocycles. The molecule has 2 N–H and O–H groups in total. The van der Waals surface area contributed by atoms with Gasteiger partial charge in [0.25, 0.3) is 0 Å². The van der Waals surface area contributed by atoms with Crippen LogP contribution in [0.5, 0.6) is 0 Å². The van der Waals surface area contributed by atoms with Crippen LogP contribution in [0.2, 0.25) is 0 Å². The van der Waals surface area contributed by atoms with Gasteiger partial charge in [0, 0.05) is 12.6 Å². The zero-order valence-electron chi connectivity index (χ0n) is 12.3. The minimum atomic E-state index is 0.681. The summed E-state index contributed by atoms with van der Waals surface area (Å²) in [4.78, 5) is 2.59. The summed E-state index contributed by atoms with van der Waals surface area (Å²) in [5, 5.41) is 0. The van der Waals surface area contributed by atoms with E-state index in [1.807, 2.05) is 6.07 Å². The van der Waals surface area contributed by atoms with E-state index in [-0.39, 0.29) is 0 Å². The Kier molecular flexibility index (Phi) is 5.46. The Hall–Kier alpha value is -0.800. The predicted molar refractivity (Wildman–Crippen MR) is 78.8 cm³/mol. The first-order chi connectivity index (χ1) is 9.22. The van der Waals surface area contributed by atoms with Crippen LogP contribution in [0.25, 0.3) is 0 Å². The topological polar surface area (TPSA) is 42.4 Å². The molecule has 0 radical (unpaired) electrons. The van der Waals surface area contributed by atoms with Gasteiger partial charge in [-0.05, 0) is 43.4 Å². The number of nitrogens with zero attached hydrogens (tertiary/aromatic N) is 1. The molecule has 108 valence electrons. The molecule has 1 aliphatic rings. The third-order valence-electron chi connectivity index (χ3n) is 4.72. The summed E-state index contributed by atoms with van der Waals surface area (Å²) in [5.41, 5.74) is 5.69. The lowest BCUT2D eigenvalue weighted by Crippen LogP contribution is -2.44. The molecule has 19 heavy (non-hydrogen) atoms. The first kappa shape index (κ1) is 14.6. The van der Waals surface area contributed by atoms with E-state index in [1.54, 1.807) is 6.26 Å². The van der Waals surface area contributed by atoms with Crippen LogP contribution in [-0.4, -0.2) is 24.0 Å². The molecule has 1 aromatic heterocycles. The van der Waals surface area contributed by atoms with Crippen molar-refractivity contribution in [2.45, 2.75) is 52.1 Å². The van der Waals surface area contributed by atoms with Crippen molar-refractivity contribution in [3.05, 3.63) is 24.2 Å². The lowest BCUT2D eigenvalue weighted by molar-refractivity contribution is 0.0690. The number of rotatable bonds is 6. The smallest absolute Gasteiger partial charge is 0.117 e. The molecule has 0 amide bonds. The van der Waals surface area contributed by atoms with Gasteiger partial charge in [0.2, 0.25) is 0 Å². The lowest BCUT2D eigenvalue weighted by Gasteiger charge is -2.41. The fourth-order valence-electron chi connectivity index (χ4n) is 3.33. The summed E-state index contributed by atoms with van der Waals surface area (Å²) in [6.45, 7) is 7.58. The second-order valence-electron chi connectivity index (χ2n) is 6.03. The SMILES string of the molecule is C[C@@H]1[C@H](C)CCC[C@@H]1N(CCCN)Cc1ccco1. The number of hydrogen-bond acceptors (Lipinski definition) is 3. The van der Waals surface area contributed by atoms with Gasteiger partial charge in [-0.3, -0.25) is 4.90 Å². The molecule has 0 bridgehead atoms. The van der Waals surface area contributed by atoms with Crippen LogP contribution in [0.15, 0.2) is 22.8 Å². The third kappa shape index (κ3) is 3.83. The summed E-state index contributed by atoms with van der Waals surface area (Å²) in [6, 6.07) is 4.73. The number of hydrogen-bond donors (Lipinski definition) is 1. The fraction of sp³-hybridized carbons (Fsp3) is 0.750. The van der Waals surface area contributed by atoms with Crippen LogP contribution in [0.3, 0.4) is 0 Å². The summed E-state index contributed by atoms with van der Waals surface area (Å²) in [6.07, 6.45) is 6.88. The molecule has 3 nitrogen and oxygen atoms in total. The van der Waals surface area contributed by atoms with E-state index in [1.165, 1.54) is 19.3 Å². The maximum Gasteiger partial charge on any atom is 0.117 e. The van der Waals surface area contributed by atoms with Gasteiger partial charge in [0.05, 0.1) is 12.8 Å². The van der Waals surface area contributed by atoms with E-state index in [9.17, 15) is 0 Å². The monoisotopic (exact) mass is 264 g/mol. The van der Waals surface area contributed by atoms with E-state index < -0.39 is 0 Å². The molecule has 0 aromatic carbocycles. The first-order valence-corrected chi connectivity index (χ1v) is 7.69. The van der Waals surface area contributed by atoms with Crippen molar-refractivity contribution in [3.8, 4) is 0 Å². The molecule has 2 rings (SSSR count). The Bertz CT molecular complexity index is 350. The molecule has 1 aliphatic carbocycles. The van der Waals surface area contributed by atoms with Crippen molar-refractivity contribution in [1.29, 1.82) is 0 Å². The standard InChI is InChI=1S/C16H28N2O/c1-13-6-3-8-16(14(13)2)18(10-5-9-17)12-15-7-4-11-19-15/h4,7,11,13-14,16H,3,5-6,8-10,12,17H2,1-2H3/t13-,14-,16+/m1/s1. The lowest BCUT2D eigenvalue weighted by atomic mass is 9.77. The van der Waals surface area contributed by atoms with Crippen LogP contribution in [0, 0.1) is 11.8 Å². The Labute approximate surface area is 117 Å². The third-order valence-corrected chi connectivity index (χ3v) is 4.72. The van der Waals surface area contributed by atoms with Gasteiger partial charge in [-0.15, -0.1) is 0 Å². The van der Waals surface area contributed by atoms with Gasteiger partial charge < -0.3 is 10.2 Å². The molecule has 1 heterocycles. The zero-order chi connectivity index (χ0) is 13.7. The van der Waals surface area contributed by atoms with E-state index in [0.29, 0.717) is 6.04 Å². The van der Waals surface area contributed by atoms with Crippen molar-refractivity contribution in [3.63, 3.8) is 0 Å². The molecule has 1 fully saturated rings. The summed E-state index contributed by atoms with van der Waals surface area (Å²) < 4.78 is 5.52. The van der Waals surface area contributed by atoms with Crippen LogP contribution in [0.4, 0.5) is 0 Å². The van der Waals surface area contributed by atoms with Crippen molar-refractivity contribution >= 4 is 0 Å². The molecule has 1 saturated carbocycles. The van der Waals surface area contributed by atoms with E-state index >= 15 is 0 Å². The molecule has 0 unspecified atom stereocenters. The van der Waals surface area contributed by atoms with Crippen LogP contribution in [0.1, 0.15) is 45.3 Å². The summed E-state index contributed by atoms with van der Waals surface area (Å²) in [7, 11) is 0. The highest BCUT2D eigenvalue weighted by Gasteiger charge is 2.31. The largest absolute Gasteiger partial charge is 0.468 e. The van der Waals surface area contributed by atoms with Gasteiger partial charge in [-0.25, -0.2) is 0 Å². The molecular formula is C16H28N2O. The predicted octanol–water partition coefficient (Wildman–Crippen LogP) is 3.26. The second kappa shape index (κ2) is 7.11. The van der Waals surface area contributed by atoms with E-state index in [0.717, 1.165) is 43.7 Å². The number of furan rings is 1. The summed E-state index contributed by atoms with van der Waals surface area (Å²) in [5.74, 6) is 2.67. The van der Waals surface area contributed by atoms with Crippen molar-refractivity contribution in [2.24, 2.45) is 17.6 Å². The van der Waals surface area contributed by atoms with Gasteiger partial charge >= 0.3 is 0 Å². The normalized spacial score (nSPS) is 27.9. The van der Waals surface area contributed by atoms with Crippen LogP contribution in [-0.2, 0) is 6.54 Å². The minimum absolute atomic E-state index is 0.681. The molecular weight excluding hydrogens is 236 g/mol. The highest BCUT2D eigenvalue weighted by Crippen LogP contribution is 2.33. The van der Waals surface area contributed by atoms with Gasteiger partial charge in [0.15, 0.2) is 0 Å². The maximum absolute atomic E-state index is 5.69. The Morgan fingerprint density at radius 2 is 2.21 bits per heavy atom. The van der Waals surface area contributed by atoms with Crippen LogP contribution < -0.4 is 5.73 Å². The number of nitrogens with two attached hydrogens (primary N) is 1. The highest BCUT2D eigenvalue weighted by molar-refractivity contribution is 4.99. The van der Waals surface area contributed by atoms with Crippen molar-refractivity contribution in [2.75, 3.05) is 13.1 Å². The molecule has 3 atom stereocenters. The van der Waals surface area contributed by atoms with E-state index in [4.69, 9.17) is 10.2 Å². The van der Waals surface area contributed by atoms with E-state index in [2.05, 4.69) is 24.8 Å². The first-order valence-electron chi connectivity index (χ1n) is 7.69. The summed E-state index contributed by atoms with van der Waals surface area (Å²) >= 11 is 0. The molecule has 1 aromatic rings. The second-order valence-corrected chi connectivity index (χ2v) is 6.03. The molecule has 0 spiro atoms. The quantitative estimate of drug-likeness (QED) is 0.857. The average Bonchev–Trinajstić information content (AvgIpc) is 2.91. The van der Waals surface area contributed by atoms with Crippen molar-refractivity contribution < 1.29 is 4.42 Å². The maximum atomic E-state index is 5.69. The highest BCUT2D eigenvalue weighted by atomic mass is 16.3. The van der Waals surface area contributed by atoms with Gasteiger partial charge in [-0.1, -0.05) is 26.7 Å². The Morgan fingerprint density at radius 1 is 1.37 bits per heavy atom. The Morgan fingerprint density at radius 3 is 2.89 bits per heavy atom. The fourth-order valence-corrected chi connectivity index (χ4v) is 3.33. The Balaban J connectivity index is 2.02. The van der Waals surface area contributed by atoms with Gasteiger partial charge in [0.1, 0.15) is 5.76 Å². The minimum Gasteiger partial charge on any atom is -0.468 e. The average molecular weight is 264 g/mol.